The molecule has 2 amide bonds. The van der Waals surface area contributed by atoms with E-state index in [0.29, 0.717) is 11.4 Å². The normalized spacial score (nSPS) is 17.0. The second-order valence-electron chi connectivity index (χ2n) is 6.07. The molecule has 1 aliphatic rings. The van der Waals surface area contributed by atoms with Crippen molar-refractivity contribution in [3.05, 3.63) is 63.7 Å². The van der Waals surface area contributed by atoms with Crippen LogP contribution in [0.2, 0.25) is 0 Å². The van der Waals surface area contributed by atoms with Gasteiger partial charge in [0.05, 0.1) is 17.0 Å². The second-order valence-corrected chi connectivity index (χ2v) is 6.07. The van der Waals surface area contributed by atoms with Crippen LogP contribution in [-0.4, -0.2) is 22.8 Å². The predicted molar refractivity (Wildman–Crippen MR) is 93.5 cm³/mol. The first-order chi connectivity index (χ1) is 11.9. The summed E-state index contributed by atoms with van der Waals surface area (Å²) in [6.07, 6.45) is 0.00877. The summed E-state index contributed by atoms with van der Waals surface area (Å²) in [7, 11) is 0. The lowest BCUT2D eigenvalue weighted by atomic mass is 10.1. The molecule has 7 nitrogen and oxygen atoms in total. The number of nitrogens with zero attached hydrogens (tertiary/aromatic N) is 2. The Kier molecular flexibility index (Phi) is 4.22. The van der Waals surface area contributed by atoms with E-state index >= 15 is 0 Å². The van der Waals surface area contributed by atoms with Crippen molar-refractivity contribution in [1.29, 1.82) is 0 Å². The number of carbonyl (C=O) groups is 2. The molecule has 25 heavy (non-hydrogen) atoms. The lowest BCUT2D eigenvalue weighted by Gasteiger charge is -2.18. The molecule has 7 heteroatoms. The van der Waals surface area contributed by atoms with Crippen LogP contribution in [0.4, 0.5) is 17.1 Å². The number of carbonyl (C=O) groups excluding carboxylic acids is 2. The van der Waals surface area contributed by atoms with E-state index in [9.17, 15) is 19.7 Å². The SMILES string of the molecule is Cc1ccc(N2C(=O)C[C@@H](Nc3cccc([N+](=O)[O-])c3)C2=O)c(C)c1. The molecular formula is C18H17N3O4. The zero-order valence-corrected chi connectivity index (χ0v) is 13.9. The average molecular weight is 339 g/mol. The molecule has 1 heterocycles. The Morgan fingerprint density at radius 3 is 2.60 bits per heavy atom. The van der Waals surface area contributed by atoms with Gasteiger partial charge in [0.2, 0.25) is 5.91 Å². The van der Waals surface area contributed by atoms with E-state index in [0.717, 1.165) is 11.1 Å². The largest absolute Gasteiger partial charge is 0.373 e. The molecule has 0 bridgehead atoms. The summed E-state index contributed by atoms with van der Waals surface area (Å²) in [5.74, 6) is -0.650. The molecule has 3 rings (SSSR count). The number of nitrogens with one attached hydrogen (secondary N) is 1. The van der Waals surface area contributed by atoms with Crippen molar-refractivity contribution in [2.75, 3.05) is 10.2 Å². The third-order valence-corrected chi connectivity index (χ3v) is 4.14. The average Bonchev–Trinajstić information content (AvgIpc) is 2.82. The summed E-state index contributed by atoms with van der Waals surface area (Å²) in [4.78, 5) is 36.6. The van der Waals surface area contributed by atoms with E-state index in [4.69, 9.17) is 0 Å². The molecule has 1 N–H and O–H groups in total. The fourth-order valence-electron chi connectivity index (χ4n) is 2.96. The number of nitro groups is 1. The van der Waals surface area contributed by atoms with Crippen molar-refractivity contribution < 1.29 is 14.5 Å². The first-order valence-corrected chi connectivity index (χ1v) is 7.82. The Balaban J connectivity index is 1.84. The third-order valence-electron chi connectivity index (χ3n) is 4.14. The highest BCUT2D eigenvalue weighted by Gasteiger charge is 2.40. The van der Waals surface area contributed by atoms with Gasteiger partial charge in [0.15, 0.2) is 0 Å². The van der Waals surface area contributed by atoms with Gasteiger partial charge in [-0.3, -0.25) is 19.7 Å². The molecule has 1 atom stereocenters. The van der Waals surface area contributed by atoms with Crippen LogP contribution in [0.3, 0.4) is 0 Å². The fourth-order valence-corrected chi connectivity index (χ4v) is 2.96. The number of rotatable bonds is 4. The predicted octanol–water partition coefficient (Wildman–Crippen LogP) is 2.96. The van der Waals surface area contributed by atoms with Gasteiger partial charge in [-0.05, 0) is 31.5 Å². The zero-order chi connectivity index (χ0) is 18.1. The number of amides is 2. The quantitative estimate of drug-likeness (QED) is 0.525. The standard InChI is InChI=1S/C18H17N3O4/c1-11-6-7-16(12(2)8-11)20-17(22)10-15(18(20)23)19-13-4-3-5-14(9-13)21(24)25/h3-9,15,19H,10H2,1-2H3/t15-/m1/s1. The van der Waals surface area contributed by atoms with Crippen LogP contribution in [-0.2, 0) is 9.59 Å². The van der Waals surface area contributed by atoms with E-state index in [-0.39, 0.29) is 23.9 Å². The van der Waals surface area contributed by atoms with Gasteiger partial charge in [0.25, 0.3) is 11.6 Å². The Bertz CT molecular complexity index is 878. The molecule has 2 aromatic rings. The van der Waals surface area contributed by atoms with E-state index in [2.05, 4.69) is 5.32 Å². The fraction of sp³-hybridized carbons (Fsp3) is 0.222. The number of anilines is 2. The third kappa shape index (κ3) is 3.21. The minimum Gasteiger partial charge on any atom is -0.373 e. The summed E-state index contributed by atoms with van der Waals surface area (Å²) in [6.45, 7) is 3.79. The van der Waals surface area contributed by atoms with Crippen molar-refractivity contribution in [3.8, 4) is 0 Å². The summed E-state index contributed by atoms with van der Waals surface area (Å²) < 4.78 is 0. The van der Waals surface area contributed by atoms with E-state index in [1.54, 1.807) is 12.1 Å². The maximum absolute atomic E-state index is 12.7. The van der Waals surface area contributed by atoms with E-state index in [1.807, 2.05) is 26.0 Å². The van der Waals surface area contributed by atoms with Gasteiger partial charge < -0.3 is 5.32 Å². The molecule has 1 aliphatic heterocycles. The van der Waals surface area contributed by atoms with Crippen LogP contribution in [0.1, 0.15) is 17.5 Å². The highest BCUT2D eigenvalue weighted by atomic mass is 16.6. The molecule has 1 saturated heterocycles. The maximum Gasteiger partial charge on any atom is 0.271 e. The molecule has 0 spiro atoms. The van der Waals surface area contributed by atoms with Gasteiger partial charge in [0, 0.05) is 17.8 Å². The summed E-state index contributed by atoms with van der Waals surface area (Å²) in [5, 5.41) is 13.8. The lowest BCUT2D eigenvalue weighted by Crippen LogP contribution is -2.35. The van der Waals surface area contributed by atoms with Gasteiger partial charge in [-0.25, -0.2) is 4.90 Å². The number of hydrogen-bond donors (Lipinski definition) is 1. The lowest BCUT2D eigenvalue weighted by molar-refractivity contribution is -0.384. The molecule has 0 unspecified atom stereocenters. The number of nitro benzene ring substituents is 1. The van der Waals surface area contributed by atoms with Gasteiger partial charge in [-0.2, -0.15) is 0 Å². The summed E-state index contributed by atoms with van der Waals surface area (Å²) in [6, 6.07) is 10.7. The van der Waals surface area contributed by atoms with Crippen LogP contribution in [0.25, 0.3) is 0 Å². The highest BCUT2D eigenvalue weighted by Crippen LogP contribution is 2.29. The molecule has 0 aliphatic carbocycles. The Morgan fingerprint density at radius 2 is 1.92 bits per heavy atom. The Hall–Kier alpha value is -3.22. The summed E-state index contributed by atoms with van der Waals surface area (Å²) >= 11 is 0. The van der Waals surface area contributed by atoms with Gasteiger partial charge in [-0.15, -0.1) is 0 Å². The van der Waals surface area contributed by atoms with E-state index < -0.39 is 11.0 Å². The van der Waals surface area contributed by atoms with Crippen LogP contribution in [0, 0.1) is 24.0 Å². The Morgan fingerprint density at radius 1 is 1.16 bits per heavy atom. The van der Waals surface area contributed by atoms with Crippen LogP contribution in [0.15, 0.2) is 42.5 Å². The van der Waals surface area contributed by atoms with Crippen molar-refractivity contribution in [2.24, 2.45) is 0 Å². The zero-order valence-electron chi connectivity index (χ0n) is 13.9. The monoisotopic (exact) mass is 339 g/mol. The van der Waals surface area contributed by atoms with Gasteiger partial charge in [-0.1, -0.05) is 23.8 Å². The van der Waals surface area contributed by atoms with E-state index in [1.165, 1.54) is 23.1 Å². The Labute approximate surface area is 144 Å². The van der Waals surface area contributed by atoms with Crippen LogP contribution < -0.4 is 10.2 Å². The molecule has 1 fully saturated rings. The molecule has 0 radical (unpaired) electrons. The van der Waals surface area contributed by atoms with Crippen molar-refractivity contribution in [3.63, 3.8) is 0 Å². The highest BCUT2D eigenvalue weighted by molar-refractivity contribution is 6.23. The first kappa shape index (κ1) is 16.6. The molecular weight excluding hydrogens is 322 g/mol. The number of aryl methyl sites for hydroxylation is 2. The summed E-state index contributed by atoms with van der Waals surface area (Å²) in [5.41, 5.74) is 2.82. The minimum absolute atomic E-state index is 0.00877. The van der Waals surface area contributed by atoms with Gasteiger partial charge in [0.1, 0.15) is 6.04 Å². The number of non-ortho nitro benzene ring substituents is 1. The van der Waals surface area contributed by atoms with Crippen molar-refractivity contribution in [1.82, 2.24) is 0 Å². The molecule has 128 valence electrons. The first-order valence-electron chi connectivity index (χ1n) is 7.82. The molecule has 0 saturated carbocycles. The van der Waals surface area contributed by atoms with Crippen LogP contribution in [0.5, 0.6) is 0 Å². The topological polar surface area (TPSA) is 92.6 Å². The maximum atomic E-state index is 12.7. The van der Waals surface area contributed by atoms with Crippen molar-refractivity contribution >= 4 is 28.9 Å². The smallest absolute Gasteiger partial charge is 0.271 e. The molecule has 2 aromatic carbocycles. The van der Waals surface area contributed by atoms with Crippen molar-refractivity contribution in [2.45, 2.75) is 26.3 Å². The van der Waals surface area contributed by atoms with Gasteiger partial charge >= 0.3 is 0 Å². The molecule has 0 aromatic heterocycles. The number of hydrogen-bond acceptors (Lipinski definition) is 5. The number of benzene rings is 2. The second kappa shape index (κ2) is 6.35. The minimum atomic E-state index is -0.741. The van der Waals surface area contributed by atoms with Crippen LogP contribution >= 0.6 is 0 Å². The number of imide groups is 1.